The van der Waals surface area contributed by atoms with Crippen LogP contribution in [0.4, 0.5) is 5.69 Å². The predicted octanol–water partition coefficient (Wildman–Crippen LogP) is 1.52. The van der Waals surface area contributed by atoms with E-state index in [-0.39, 0.29) is 23.1 Å². The molecule has 1 atom stereocenters. The number of hydrogen-bond donors (Lipinski definition) is 3. The predicted molar refractivity (Wildman–Crippen MR) is 83.8 cm³/mol. The molecule has 124 valence electrons. The van der Waals surface area contributed by atoms with Crippen molar-refractivity contribution < 1.29 is 23.1 Å². The van der Waals surface area contributed by atoms with E-state index in [0.717, 1.165) is 6.07 Å². The highest BCUT2D eigenvalue weighted by molar-refractivity contribution is 7.89. The Bertz CT molecular complexity index is 628. The highest BCUT2D eigenvalue weighted by Gasteiger charge is 2.23. The van der Waals surface area contributed by atoms with E-state index < -0.39 is 22.0 Å². The smallest absolute Gasteiger partial charge is 0.335 e. The fourth-order valence-electron chi connectivity index (χ4n) is 1.92. The van der Waals surface area contributed by atoms with Crippen molar-refractivity contribution in [3.05, 3.63) is 23.8 Å². The highest BCUT2D eigenvalue weighted by Crippen LogP contribution is 2.24. The number of hydrogen-bond acceptors (Lipinski definition) is 5. The lowest BCUT2D eigenvalue weighted by Crippen LogP contribution is -2.36. The third-order valence-electron chi connectivity index (χ3n) is 2.74. The van der Waals surface area contributed by atoms with E-state index in [4.69, 9.17) is 9.84 Å². The topological polar surface area (TPSA) is 105 Å². The molecular weight excluding hydrogens is 308 g/mol. The van der Waals surface area contributed by atoms with Gasteiger partial charge in [0.1, 0.15) is 4.90 Å². The second-order valence-corrected chi connectivity index (χ2v) is 6.98. The lowest BCUT2D eigenvalue weighted by atomic mass is 10.2. The summed E-state index contributed by atoms with van der Waals surface area (Å²) >= 11 is 0. The molecule has 0 aliphatic rings. The van der Waals surface area contributed by atoms with Gasteiger partial charge in [0.2, 0.25) is 10.0 Å². The van der Waals surface area contributed by atoms with Crippen molar-refractivity contribution in [1.82, 2.24) is 4.72 Å². The minimum Gasteiger partial charge on any atom is -0.478 e. The van der Waals surface area contributed by atoms with Gasteiger partial charge in [-0.2, -0.15) is 0 Å². The maximum absolute atomic E-state index is 12.5. The number of nitrogens with one attached hydrogen (secondary N) is 2. The van der Waals surface area contributed by atoms with E-state index in [1.54, 1.807) is 6.92 Å². The summed E-state index contributed by atoms with van der Waals surface area (Å²) in [5.41, 5.74) is 0.270. The van der Waals surface area contributed by atoms with E-state index >= 15 is 0 Å². The van der Waals surface area contributed by atoms with Crippen LogP contribution in [0.15, 0.2) is 23.1 Å². The second kappa shape index (κ2) is 7.57. The van der Waals surface area contributed by atoms with Crippen LogP contribution in [-0.4, -0.2) is 45.3 Å². The van der Waals surface area contributed by atoms with Gasteiger partial charge in [-0.25, -0.2) is 17.9 Å². The normalized spacial score (nSPS) is 13.1. The Hall–Kier alpha value is -1.64. The number of ether oxygens (including phenoxy) is 1. The number of carboxylic acids is 1. The summed E-state index contributed by atoms with van der Waals surface area (Å²) in [5, 5.41) is 12.1. The molecule has 0 unspecified atom stereocenters. The van der Waals surface area contributed by atoms with Crippen LogP contribution < -0.4 is 10.0 Å². The fourth-order valence-corrected chi connectivity index (χ4v) is 3.34. The minimum atomic E-state index is -3.87. The SMILES string of the molecule is COC[C@@H](C)NS(=O)(=O)c1cc(C(=O)O)ccc1NC(C)C. The minimum absolute atomic E-state index is 0.000951. The van der Waals surface area contributed by atoms with E-state index in [2.05, 4.69) is 10.0 Å². The third kappa shape index (κ3) is 4.97. The molecule has 1 aromatic carbocycles. The first kappa shape index (κ1) is 18.4. The van der Waals surface area contributed by atoms with Crippen LogP contribution in [0.2, 0.25) is 0 Å². The quantitative estimate of drug-likeness (QED) is 0.667. The first-order valence-corrected chi connectivity index (χ1v) is 8.31. The van der Waals surface area contributed by atoms with Gasteiger partial charge in [-0.15, -0.1) is 0 Å². The molecule has 0 spiro atoms. The van der Waals surface area contributed by atoms with Crippen molar-refractivity contribution in [2.75, 3.05) is 19.0 Å². The zero-order chi connectivity index (χ0) is 16.9. The van der Waals surface area contributed by atoms with Gasteiger partial charge in [-0.3, -0.25) is 0 Å². The maximum atomic E-state index is 12.5. The maximum Gasteiger partial charge on any atom is 0.335 e. The average molecular weight is 330 g/mol. The average Bonchev–Trinajstić information content (AvgIpc) is 2.37. The Morgan fingerprint density at radius 3 is 2.45 bits per heavy atom. The molecular formula is C14H22N2O5S. The van der Waals surface area contributed by atoms with Crippen LogP contribution in [-0.2, 0) is 14.8 Å². The second-order valence-electron chi connectivity index (χ2n) is 5.29. The van der Waals surface area contributed by atoms with E-state index in [1.165, 1.54) is 19.2 Å². The number of aromatic carboxylic acids is 1. The molecule has 0 aliphatic heterocycles. The Morgan fingerprint density at radius 2 is 1.95 bits per heavy atom. The summed E-state index contributed by atoms with van der Waals surface area (Å²) in [6, 6.07) is 3.54. The van der Waals surface area contributed by atoms with Crippen molar-refractivity contribution >= 4 is 21.7 Å². The number of sulfonamides is 1. The van der Waals surface area contributed by atoms with Gasteiger partial charge in [0.05, 0.1) is 17.9 Å². The molecule has 7 nitrogen and oxygen atoms in total. The van der Waals surface area contributed by atoms with Crippen LogP contribution in [0.3, 0.4) is 0 Å². The molecule has 0 aliphatic carbocycles. The van der Waals surface area contributed by atoms with Crippen LogP contribution >= 0.6 is 0 Å². The van der Waals surface area contributed by atoms with Crippen molar-refractivity contribution in [2.45, 2.75) is 37.8 Å². The zero-order valence-corrected chi connectivity index (χ0v) is 13.9. The summed E-state index contributed by atoms with van der Waals surface area (Å²) in [5.74, 6) is -1.18. The van der Waals surface area contributed by atoms with Crippen LogP contribution in [0.5, 0.6) is 0 Å². The monoisotopic (exact) mass is 330 g/mol. The lowest BCUT2D eigenvalue weighted by Gasteiger charge is -2.18. The molecule has 0 fully saturated rings. The van der Waals surface area contributed by atoms with Gasteiger partial charge in [-0.05, 0) is 39.0 Å². The molecule has 0 bridgehead atoms. The largest absolute Gasteiger partial charge is 0.478 e. The summed E-state index contributed by atoms with van der Waals surface area (Å²) in [4.78, 5) is 11.0. The molecule has 0 amide bonds. The summed E-state index contributed by atoms with van der Waals surface area (Å²) in [7, 11) is -2.40. The molecule has 0 aromatic heterocycles. The van der Waals surface area contributed by atoms with Gasteiger partial charge in [0.25, 0.3) is 0 Å². The number of rotatable bonds is 8. The molecule has 0 radical (unpaired) electrons. The highest BCUT2D eigenvalue weighted by atomic mass is 32.2. The van der Waals surface area contributed by atoms with Gasteiger partial charge in [0.15, 0.2) is 0 Å². The summed E-state index contributed by atoms with van der Waals surface area (Å²) in [6.07, 6.45) is 0. The Kier molecular flexibility index (Phi) is 6.34. The molecule has 0 heterocycles. The molecule has 1 rings (SSSR count). The summed E-state index contributed by atoms with van der Waals surface area (Å²) in [6.45, 7) is 5.60. The number of carbonyl (C=O) groups is 1. The van der Waals surface area contributed by atoms with E-state index in [1.807, 2.05) is 13.8 Å². The zero-order valence-electron chi connectivity index (χ0n) is 13.1. The first-order chi connectivity index (χ1) is 10.2. The standard InChI is InChI=1S/C14H22N2O5S/c1-9(2)15-12-6-5-11(14(17)18)7-13(12)22(19,20)16-10(3)8-21-4/h5-7,9-10,15-16H,8H2,1-4H3,(H,17,18)/t10-/m1/s1. The molecule has 0 saturated carbocycles. The van der Waals surface area contributed by atoms with Gasteiger partial charge in [0, 0.05) is 19.2 Å². The van der Waals surface area contributed by atoms with E-state index in [9.17, 15) is 13.2 Å². The van der Waals surface area contributed by atoms with Crippen molar-refractivity contribution in [2.24, 2.45) is 0 Å². The lowest BCUT2D eigenvalue weighted by molar-refractivity contribution is 0.0696. The summed E-state index contributed by atoms with van der Waals surface area (Å²) < 4.78 is 32.4. The van der Waals surface area contributed by atoms with Gasteiger partial charge < -0.3 is 15.2 Å². The van der Waals surface area contributed by atoms with Crippen molar-refractivity contribution in [3.63, 3.8) is 0 Å². The molecule has 8 heteroatoms. The van der Waals surface area contributed by atoms with E-state index in [0.29, 0.717) is 5.69 Å². The van der Waals surface area contributed by atoms with Crippen LogP contribution in [0.25, 0.3) is 0 Å². The van der Waals surface area contributed by atoms with Crippen LogP contribution in [0, 0.1) is 0 Å². The van der Waals surface area contributed by atoms with Crippen LogP contribution in [0.1, 0.15) is 31.1 Å². The van der Waals surface area contributed by atoms with Gasteiger partial charge >= 0.3 is 5.97 Å². The Labute approximate surface area is 130 Å². The van der Waals surface area contributed by atoms with Gasteiger partial charge in [-0.1, -0.05) is 0 Å². The first-order valence-electron chi connectivity index (χ1n) is 6.82. The molecule has 1 aromatic rings. The number of carboxylic acid groups (broad SMARTS) is 1. The number of methoxy groups -OCH3 is 1. The Balaban J connectivity index is 3.27. The number of anilines is 1. The third-order valence-corrected chi connectivity index (χ3v) is 4.36. The van der Waals surface area contributed by atoms with Crippen molar-refractivity contribution in [1.29, 1.82) is 0 Å². The molecule has 3 N–H and O–H groups in total. The molecule has 0 saturated heterocycles. The number of benzene rings is 1. The Morgan fingerprint density at radius 1 is 1.32 bits per heavy atom. The fraction of sp³-hybridized carbons (Fsp3) is 0.500. The van der Waals surface area contributed by atoms with Crippen molar-refractivity contribution in [3.8, 4) is 0 Å². The molecule has 22 heavy (non-hydrogen) atoms.